The van der Waals surface area contributed by atoms with Gasteiger partial charge in [0.1, 0.15) is 0 Å². The molecule has 0 saturated carbocycles. The SMILES string of the molecule is CC(NCc1cccc(Br)c1)C(C)(C)C. The standard InChI is InChI=1S/C13H20BrN/c1-10(13(2,3)4)15-9-11-6-5-7-12(14)8-11/h5-8,10,15H,9H2,1-4H3. The highest BCUT2D eigenvalue weighted by Crippen LogP contribution is 2.19. The number of hydrogen-bond acceptors (Lipinski definition) is 1. The molecule has 0 aliphatic heterocycles. The summed E-state index contributed by atoms with van der Waals surface area (Å²) < 4.78 is 1.14. The summed E-state index contributed by atoms with van der Waals surface area (Å²) in [5.74, 6) is 0. The van der Waals surface area contributed by atoms with Crippen molar-refractivity contribution in [1.82, 2.24) is 5.32 Å². The summed E-state index contributed by atoms with van der Waals surface area (Å²) in [6.07, 6.45) is 0. The zero-order chi connectivity index (χ0) is 11.5. The first-order chi connectivity index (χ1) is 6.89. The van der Waals surface area contributed by atoms with Gasteiger partial charge in [-0.1, -0.05) is 48.8 Å². The molecule has 1 unspecified atom stereocenters. The quantitative estimate of drug-likeness (QED) is 0.876. The van der Waals surface area contributed by atoms with Crippen LogP contribution in [0.15, 0.2) is 28.7 Å². The number of nitrogens with one attached hydrogen (secondary N) is 1. The van der Waals surface area contributed by atoms with Gasteiger partial charge in [0.15, 0.2) is 0 Å². The maximum absolute atomic E-state index is 3.55. The molecule has 1 aromatic carbocycles. The van der Waals surface area contributed by atoms with E-state index in [1.807, 2.05) is 0 Å². The maximum Gasteiger partial charge on any atom is 0.0208 e. The molecule has 84 valence electrons. The summed E-state index contributed by atoms with van der Waals surface area (Å²) in [5, 5.41) is 3.55. The molecular formula is C13H20BrN. The van der Waals surface area contributed by atoms with Crippen molar-refractivity contribution >= 4 is 15.9 Å². The fourth-order valence-electron chi connectivity index (χ4n) is 1.22. The minimum atomic E-state index is 0.312. The number of hydrogen-bond donors (Lipinski definition) is 1. The Kier molecular flexibility index (Phi) is 4.35. The van der Waals surface area contributed by atoms with Crippen molar-refractivity contribution < 1.29 is 0 Å². The molecule has 1 atom stereocenters. The van der Waals surface area contributed by atoms with Crippen LogP contribution >= 0.6 is 15.9 Å². The van der Waals surface area contributed by atoms with Crippen LogP contribution in [0.3, 0.4) is 0 Å². The van der Waals surface area contributed by atoms with E-state index in [9.17, 15) is 0 Å². The Morgan fingerprint density at radius 3 is 2.53 bits per heavy atom. The third-order valence-electron chi connectivity index (χ3n) is 2.80. The number of benzene rings is 1. The molecule has 0 aliphatic rings. The Hall–Kier alpha value is -0.340. The van der Waals surface area contributed by atoms with E-state index >= 15 is 0 Å². The van der Waals surface area contributed by atoms with Crippen molar-refractivity contribution in [3.05, 3.63) is 34.3 Å². The van der Waals surface area contributed by atoms with E-state index in [1.165, 1.54) is 5.56 Å². The fourth-order valence-corrected chi connectivity index (χ4v) is 1.67. The molecule has 0 bridgehead atoms. The average molecular weight is 270 g/mol. The maximum atomic E-state index is 3.55. The minimum Gasteiger partial charge on any atom is -0.310 e. The molecule has 1 N–H and O–H groups in total. The van der Waals surface area contributed by atoms with Gasteiger partial charge in [-0.2, -0.15) is 0 Å². The topological polar surface area (TPSA) is 12.0 Å². The molecule has 0 amide bonds. The van der Waals surface area contributed by atoms with Crippen LogP contribution in [0.1, 0.15) is 33.3 Å². The molecule has 0 fully saturated rings. The van der Waals surface area contributed by atoms with Gasteiger partial charge >= 0.3 is 0 Å². The Morgan fingerprint density at radius 1 is 1.33 bits per heavy atom. The molecule has 1 rings (SSSR count). The summed E-state index contributed by atoms with van der Waals surface area (Å²) in [7, 11) is 0. The number of rotatable bonds is 3. The highest BCUT2D eigenvalue weighted by Gasteiger charge is 2.18. The van der Waals surface area contributed by atoms with Crippen LogP contribution in [0.5, 0.6) is 0 Å². The van der Waals surface area contributed by atoms with E-state index in [1.54, 1.807) is 0 Å². The first kappa shape index (κ1) is 12.7. The Labute approximate surface area is 101 Å². The van der Waals surface area contributed by atoms with Crippen molar-refractivity contribution in [3.8, 4) is 0 Å². The van der Waals surface area contributed by atoms with E-state index in [0.29, 0.717) is 11.5 Å². The molecule has 0 spiro atoms. The highest BCUT2D eigenvalue weighted by molar-refractivity contribution is 9.10. The van der Waals surface area contributed by atoms with Gasteiger partial charge in [-0.25, -0.2) is 0 Å². The summed E-state index contributed by atoms with van der Waals surface area (Å²) in [6.45, 7) is 9.93. The van der Waals surface area contributed by atoms with Gasteiger partial charge in [-0.15, -0.1) is 0 Å². The van der Waals surface area contributed by atoms with Gasteiger partial charge in [0, 0.05) is 17.1 Å². The van der Waals surface area contributed by atoms with Crippen LogP contribution < -0.4 is 5.32 Å². The largest absolute Gasteiger partial charge is 0.310 e. The first-order valence-corrected chi connectivity index (χ1v) is 6.17. The molecule has 0 aliphatic carbocycles. The molecule has 0 aromatic heterocycles. The second-order valence-corrected chi connectivity index (χ2v) is 6.01. The van der Waals surface area contributed by atoms with Crippen molar-refractivity contribution in [2.75, 3.05) is 0 Å². The Bertz CT molecular complexity index is 315. The Balaban J connectivity index is 2.51. The predicted molar refractivity (Wildman–Crippen MR) is 69.9 cm³/mol. The van der Waals surface area contributed by atoms with Crippen molar-refractivity contribution in [3.63, 3.8) is 0 Å². The van der Waals surface area contributed by atoms with Crippen LogP contribution in [0.4, 0.5) is 0 Å². The summed E-state index contributed by atoms with van der Waals surface area (Å²) in [4.78, 5) is 0. The van der Waals surface area contributed by atoms with Crippen LogP contribution in [-0.2, 0) is 6.54 Å². The van der Waals surface area contributed by atoms with Crippen LogP contribution in [0.2, 0.25) is 0 Å². The lowest BCUT2D eigenvalue weighted by Crippen LogP contribution is -2.37. The monoisotopic (exact) mass is 269 g/mol. The zero-order valence-corrected chi connectivity index (χ0v) is 11.6. The summed E-state index contributed by atoms with van der Waals surface area (Å²) in [5.41, 5.74) is 1.63. The highest BCUT2D eigenvalue weighted by atomic mass is 79.9. The van der Waals surface area contributed by atoms with Gasteiger partial charge in [0.2, 0.25) is 0 Å². The number of halogens is 1. The smallest absolute Gasteiger partial charge is 0.0208 e. The molecule has 0 radical (unpaired) electrons. The van der Waals surface area contributed by atoms with Crippen molar-refractivity contribution in [2.24, 2.45) is 5.41 Å². The summed E-state index contributed by atoms with van der Waals surface area (Å²) >= 11 is 3.48. The molecule has 1 nitrogen and oxygen atoms in total. The lowest BCUT2D eigenvalue weighted by Gasteiger charge is -2.28. The van der Waals surface area contributed by atoms with E-state index < -0.39 is 0 Å². The zero-order valence-electron chi connectivity index (χ0n) is 9.97. The van der Waals surface area contributed by atoms with Crippen LogP contribution in [0, 0.1) is 5.41 Å². The average Bonchev–Trinajstić information content (AvgIpc) is 2.12. The van der Waals surface area contributed by atoms with Gasteiger partial charge in [-0.3, -0.25) is 0 Å². The molecule has 1 aromatic rings. The van der Waals surface area contributed by atoms with E-state index in [4.69, 9.17) is 0 Å². The first-order valence-electron chi connectivity index (χ1n) is 5.37. The van der Waals surface area contributed by atoms with Crippen LogP contribution in [-0.4, -0.2) is 6.04 Å². The van der Waals surface area contributed by atoms with Crippen molar-refractivity contribution in [2.45, 2.75) is 40.3 Å². The molecule has 15 heavy (non-hydrogen) atoms. The van der Waals surface area contributed by atoms with Crippen LogP contribution in [0.25, 0.3) is 0 Å². The molecular weight excluding hydrogens is 250 g/mol. The normalized spacial score (nSPS) is 13.9. The second-order valence-electron chi connectivity index (χ2n) is 5.10. The van der Waals surface area contributed by atoms with Crippen molar-refractivity contribution in [1.29, 1.82) is 0 Å². The van der Waals surface area contributed by atoms with Gasteiger partial charge in [0.05, 0.1) is 0 Å². The van der Waals surface area contributed by atoms with E-state index in [0.717, 1.165) is 11.0 Å². The van der Waals surface area contributed by atoms with Gasteiger partial charge in [0.25, 0.3) is 0 Å². The minimum absolute atomic E-state index is 0.312. The van der Waals surface area contributed by atoms with Gasteiger partial charge < -0.3 is 5.32 Å². The van der Waals surface area contributed by atoms with E-state index in [2.05, 4.69) is 73.2 Å². The summed E-state index contributed by atoms with van der Waals surface area (Å²) in [6, 6.07) is 8.94. The molecule has 0 saturated heterocycles. The Morgan fingerprint density at radius 2 is 2.00 bits per heavy atom. The lowest BCUT2D eigenvalue weighted by atomic mass is 9.88. The fraction of sp³-hybridized carbons (Fsp3) is 0.538. The third kappa shape index (κ3) is 4.35. The molecule has 2 heteroatoms. The second kappa shape index (κ2) is 5.13. The molecule has 0 heterocycles. The van der Waals surface area contributed by atoms with E-state index in [-0.39, 0.29) is 0 Å². The van der Waals surface area contributed by atoms with Gasteiger partial charge in [-0.05, 0) is 30.0 Å². The predicted octanol–water partition coefficient (Wildman–Crippen LogP) is 3.97. The third-order valence-corrected chi connectivity index (χ3v) is 3.29. The lowest BCUT2D eigenvalue weighted by molar-refractivity contribution is 0.285.